The van der Waals surface area contributed by atoms with Gasteiger partial charge in [-0.3, -0.25) is 0 Å². The lowest BCUT2D eigenvalue weighted by atomic mass is 9.82. The standard InChI is InChI=1S/C39H27NO/c1-39(2)33-14-8-6-12-27(33)31-22-32-30-19-17-25(21-37(30)41-38(32)23-34(31)39)24-16-18-29-28-13-7-9-15-35(28)40(36(29)20-24)26-10-4-3-5-11-26/h3-23H,1-2H3. The molecule has 41 heavy (non-hydrogen) atoms. The molecule has 0 amide bonds. The van der Waals surface area contributed by atoms with Crippen molar-refractivity contribution in [1.29, 1.82) is 0 Å². The van der Waals surface area contributed by atoms with Crippen molar-refractivity contribution in [2.75, 3.05) is 0 Å². The van der Waals surface area contributed by atoms with E-state index in [1.807, 2.05) is 0 Å². The van der Waals surface area contributed by atoms with E-state index < -0.39 is 0 Å². The van der Waals surface area contributed by atoms with Crippen LogP contribution in [0.4, 0.5) is 0 Å². The van der Waals surface area contributed by atoms with E-state index in [1.54, 1.807) is 0 Å². The van der Waals surface area contributed by atoms with E-state index in [0.717, 1.165) is 22.1 Å². The Morgan fingerprint density at radius 2 is 1.17 bits per heavy atom. The Kier molecular flexibility index (Phi) is 4.42. The third kappa shape index (κ3) is 3.08. The Morgan fingerprint density at radius 1 is 0.488 bits per heavy atom. The van der Waals surface area contributed by atoms with Gasteiger partial charge in [0.15, 0.2) is 0 Å². The minimum absolute atomic E-state index is 0.0448. The van der Waals surface area contributed by atoms with Crippen LogP contribution in [0.3, 0.4) is 0 Å². The first-order chi connectivity index (χ1) is 20.1. The van der Waals surface area contributed by atoms with Crippen LogP contribution in [0, 0.1) is 0 Å². The van der Waals surface area contributed by atoms with Gasteiger partial charge in [-0.25, -0.2) is 0 Å². The van der Waals surface area contributed by atoms with Gasteiger partial charge in [-0.2, -0.15) is 0 Å². The molecule has 0 saturated heterocycles. The van der Waals surface area contributed by atoms with Crippen LogP contribution < -0.4 is 0 Å². The van der Waals surface area contributed by atoms with Gasteiger partial charge >= 0.3 is 0 Å². The molecule has 0 radical (unpaired) electrons. The molecule has 0 saturated carbocycles. The van der Waals surface area contributed by atoms with Crippen molar-refractivity contribution < 1.29 is 4.42 Å². The largest absolute Gasteiger partial charge is 0.456 e. The summed E-state index contributed by atoms with van der Waals surface area (Å²) < 4.78 is 8.93. The molecule has 8 aromatic rings. The molecule has 1 aliphatic carbocycles. The second kappa shape index (κ2) is 7.99. The maximum atomic E-state index is 6.56. The number of fused-ring (bicyclic) bond motifs is 9. The topological polar surface area (TPSA) is 18.1 Å². The highest BCUT2D eigenvalue weighted by molar-refractivity contribution is 6.11. The van der Waals surface area contributed by atoms with Crippen LogP contribution in [0.5, 0.6) is 0 Å². The first-order valence-corrected chi connectivity index (χ1v) is 14.3. The van der Waals surface area contributed by atoms with E-state index in [9.17, 15) is 0 Å². The molecule has 2 heterocycles. The predicted molar refractivity (Wildman–Crippen MR) is 171 cm³/mol. The van der Waals surface area contributed by atoms with Gasteiger partial charge in [-0.1, -0.05) is 92.7 Å². The summed E-state index contributed by atoms with van der Waals surface area (Å²) in [5, 5.41) is 4.87. The second-order valence-corrected chi connectivity index (χ2v) is 11.8. The smallest absolute Gasteiger partial charge is 0.136 e. The normalized spacial score (nSPS) is 13.8. The molecule has 0 bridgehead atoms. The molecule has 0 fully saturated rings. The number of para-hydroxylation sites is 2. The van der Waals surface area contributed by atoms with Crippen LogP contribution in [0.25, 0.3) is 71.7 Å². The number of aromatic nitrogens is 1. The third-order valence-electron chi connectivity index (χ3n) is 9.20. The minimum Gasteiger partial charge on any atom is -0.456 e. The van der Waals surface area contributed by atoms with Crippen LogP contribution in [0.15, 0.2) is 132 Å². The Hall–Kier alpha value is -5.08. The molecular weight excluding hydrogens is 498 g/mol. The average molecular weight is 526 g/mol. The second-order valence-electron chi connectivity index (χ2n) is 11.8. The fourth-order valence-electron chi connectivity index (χ4n) is 7.16. The van der Waals surface area contributed by atoms with Crippen LogP contribution >= 0.6 is 0 Å². The summed E-state index contributed by atoms with van der Waals surface area (Å²) in [5.74, 6) is 0. The predicted octanol–water partition coefficient (Wildman–Crippen LogP) is 10.7. The maximum absolute atomic E-state index is 6.56. The lowest BCUT2D eigenvalue weighted by Crippen LogP contribution is -2.14. The van der Waals surface area contributed by atoms with Crippen molar-refractivity contribution in [3.8, 4) is 27.9 Å². The summed E-state index contributed by atoms with van der Waals surface area (Å²) in [6.45, 7) is 4.63. The van der Waals surface area contributed by atoms with Crippen LogP contribution in [-0.2, 0) is 5.41 Å². The van der Waals surface area contributed by atoms with E-state index in [0.29, 0.717) is 0 Å². The molecule has 2 nitrogen and oxygen atoms in total. The van der Waals surface area contributed by atoms with Gasteiger partial charge < -0.3 is 8.98 Å². The molecule has 1 aliphatic rings. The summed E-state index contributed by atoms with van der Waals surface area (Å²) in [6, 6.07) is 46.2. The molecule has 0 atom stereocenters. The van der Waals surface area contributed by atoms with Gasteiger partial charge in [0.05, 0.1) is 11.0 Å². The first-order valence-electron chi connectivity index (χ1n) is 14.3. The minimum atomic E-state index is -0.0448. The maximum Gasteiger partial charge on any atom is 0.136 e. The number of rotatable bonds is 2. The number of hydrogen-bond acceptors (Lipinski definition) is 1. The van der Waals surface area contributed by atoms with Crippen molar-refractivity contribution in [3.05, 3.63) is 139 Å². The lowest BCUT2D eigenvalue weighted by molar-refractivity contribution is 0.647. The molecular formula is C39H27NO. The van der Waals surface area contributed by atoms with Gasteiger partial charge in [-0.15, -0.1) is 0 Å². The SMILES string of the molecule is CC1(C)c2ccccc2-c2cc3c(cc21)oc1cc(-c2ccc4c5ccccc5n(-c5ccccc5)c4c2)ccc13. The Bertz CT molecular complexity index is 2330. The molecule has 6 aromatic carbocycles. The monoisotopic (exact) mass is 525 g/mol. The van der Waals surface area contributed by atoms with Gasteiger partial charge in [0.25, 0.3) is 0 Å². The summed E-state index contributed by atoms with van der Waals surface area (Å²) in [7, 11) is 0. The van der Waals surface area contributed by atoms with E-state index >= 15 is 0 Å². The zero-order chi connectivity index (χ0) is 27.3. The van der Waals surface area contributed by atoms with E-state index in [-0.39, 0.29) is 5.41 Å². The van der Waals surface area contributed by atoms with Crippen molar-refractivity contribution in [2.24, 2.45) is 0 Å². The highest BCUT2D eigenvalue weighted by atomic mass is 16.3. The van der Waals surface area contributed by atoms with Gasteiger partial charge in [0, 0.05) is 32.6 Å². The summed E-state index contributed by atoms with van der Waals surface area (Å²) >= 11 is 0. The van der Waals surface area contributed by atoms with E-state index in [2.05, 4.69) is 146 Å². The van der Waals surface area contributed by atoms with E-state index in [1.165, 1.54) is 60.7 Å². The van der Waals surface area contributed by atoms with E-state index in [4.69, 9.17) is 4.42 Å². The molecule has 0 unspecified atom stereocenters. The third-order valence-corrected chi connectivity index (χ3v) is 9.20. The molecule has 0 N–H and O–H groups in total. The Labute approximate surface area is 238 Å². The number of nitrogens with zero attached hydrogens (tertiary/aromatic N) is 1. The Morgan fingerprint density at radius 3 is 2.05 bits per heavy atom. The molecule has 2 heteroatoms. The highest BCUT2D eigenvalue weighted by Gasteiger charge is 2.36. The number of hydrogen-bond donors (Lipinski definition) is 0. The molecule has 9 rings (SSSR count). The molecule has 2 aromatic heterocycles. The zero-order valence-corrected chi connectivity index (χ0v) is 23.0. The number of benzene rings is 6. The summed E-state index contributed by atoms with van der Waals surface area (Å²) in [5.41, 5.74) is 13.1. The average Bonchev–Trinajstić information content (AvgIpc) is 3.61. The highest BCUT2D eigenvalue weighted by Crippen LogP contribution is 2.50. The lowest BCUT2D eigenvalue weighted by Gasteiger charge is -2.21. The van der Waals surface area contributed by atoms with Crippen molar-refractivity contribution in [2.45, 2.75) is 19.3 Å². The fourth-order valence-corrected chi connectivity index (χ4v) is 7.16. The van der Waals surface area contributed by atoms with Crippen molar-refractivity contribution in [3.63, 3.8) is 0 Å². The summed E-state index contributed by atoms with van der Waals surface area (Å²) in [6.07, 6.45) is 0. The molecule has 0 spiro atoms. The quantitative estimate of drug-likeness (QED) is 0.219. The Balaban J connectivity index is 1.23. The van der Waals surface area contributed by atoms with Crippen molar-refractivity contribution >= 4 is 43.7 Å². The van der Waals surface area contributed by atoms with Gasteiger partial charge in [-0.05, 0) is 81.9 Å². The number of furan rings is 1. The summed E-state index contributed by atoms with van der Waals surface area (Å²) in [4.78, 5) is 0. The zero-order valence-electron chi connectivity index (χ0n) is 23.0. The molecule has 194 valence electrons. The van der Waals surface area contributed by atoms with Gasteiger partial charge in [0.1, 0.15) is 11.2 Å². The fraction of sp³-hybridized carbons (Fsp3) is 0.0769. The van der Waals surface area contributed by atoms with Crippen molar-refractivity contribution in [1.82, 2.24) is 4.57 Å². The molecule has 0 aliphatic heterocycles. The van der Waals surface area contributed by atoms with Crippen LogP contribution in [0.1, 0.15) is 25.0 Å². The van der Waals surface area contributed by atoms with Crippen LogP contribution in [0.2, 0.25) is 0 Å². The van der Waals surface area contributed by atoms with Gasteiger partial charge in [0.2, 0.25) is 0 Å². The first kappa shape index (κ1) is 22.7. The van der Waals surface area contributed by atoms with Crippen LogP contribution in [-0.4, -0.2) is 4.57 Å².